The van der Waals surface area contributed by atoms with E-state index in [1.54, 1.807) is 11.3 Å². The van der Waals surface area contributed by atoms with Gasteiger partial charge in [0.2, 0.25) is 0 Å². The first-order valence-electron chi connectivity index (χ1n) is 9.03. The van der Waals surface area contributed by atoms with Crippen molar-refractivity contribution in [3.63, 3.8) is 0 Å². The van der Waals surface area contributed by atoms with Crippen LogP contribution in [0.3, 0.4) is 0 Å². The number of hydrogen-bond donors (Lipinski definition) is 3. The van der Waals surface area contributed by atoms with Crippen molar-refractivity contribution in [2.45, 2.75) is 13.2 Å². The minimum Gasteiger partial charge on any atom is -0.489 e. The minimum atomic E-state index is -0.294. The number of amides is 1. The number of H-pyrrole nitrogens is 1. The van der Waals surface area contributed by atoms with Crippen LogP contribution in [0.1, 0.15) is 20.9 Å². The molecule has 2 heterocycles. The highest BCUT2D eigenvalue weighted by molar-refractivity contribution is 7.09. The smallest absolute Gasteiger partial charge is 0.276 e. The molecular formula is C21H19N5O2S. The Morgan fingerprint density at radius 1 is 1.00 bits per heavy atom. The maximum atomic E-state index is 12.4. The van der Waals surface area contributed by atoms with Crippen LogP contribution in [-0.4, -0.2) is 21.3 Å². The summed E-state index contributed by atoms with van der Waals surface area (Å²) < 4.78 is 5.79. The predicted molar refractivity (Wildman–Crippen MR) is 112 cm³/mol. The number of thiophene rings is 1. The van der Waals surface area contributed by atoms with Gasteiger partial charge >= 0.3 is 0 Å². The Hall–Kier alpha value is -3.65. The zero-order valence-electron chi connectivity index (χ0n) is 15.5. The molecule has 0 saturated carbocycles. The summed E-state index contributed by atoms with van der Waals surface area (Å²) in [5, 5.41) is 18.4. The van der Waals surface area contributed by atoms with Crippen molar-refractivity contribution in [1.29, 1.82) is 0 Å². The molecule has 1 amide bonds. The molecule has 0 bridgehead atoms. The number of aromatic amines is 1. The lowest BCUT2D eigenvalue weighted by Gasteiger charge is -2.08. The van der Waals surface area contributed by atoms with E-state index in [1.165, 1.54) is 0 Å². The van der Waals surface area contributed by atoms with Crippen LogP contribution >= 0.6 is 11.3 Å². The molecule has 8 heteroatoms. The number of benzene rings is 2. The average Bonchev–Trinajstić information content (AvgIpc) is 3.44. The number of nitrogens with zero attached hydrogens (tertiary/aromatic N) is 2. The molecule has 29 heavy (non-hydrogen) atoms. The van der Waals surface area contributed by atoms with E-state index in [2.05, 4.69) is 26.0 Å². The average molecular weight is 405 g/mol. The topological polar surface area (TPSA) is 91.9 Å². The highest BCUT2D eigenvalue weighted by Gasteiger charge is 2.16. The number of carbonyl (C=O) groups excluding carboxylic acids is 1. The zero-order valence-corrected chi connectivity index (χ0v) is 16.3. The zero-order chi connectivity index (χ0) is 19.9. The second kappa shape index (κ2) is 9.03. The molecule has 0 spiro atoms. The maximum absolute atomic E-state index is 12.4. The second-order valence-corrected chi connectivity index (χ2v) is 7.24. The van der Waals surface area contributed by atoms with E-state index in [0.29, 0.717) is 19.0 Å². The molecule has 3 N–H and O–H groups in total. The van der Waals surface area contributed by atoms with Gasteiger partial charge < -0.3 is 15.4 Å². The molecule has 146 valence electrons. The fourth-order valence-electron chi connectivity index (χ4n) is 2.65. The summed E-state index contributed by atoms with van der Waals surface area (Å²) in [6.07, 6.45) is 0. The van der Waals surface area contributed by atoms with Gasteiger partial charge in [0.15, 0.2) is 11.5 Å². The van der Waals surface area contributed by atoms with Gasteiger partial charge in [0.05, 0.1) is 6.54 Å². The number of hydrogen-bond acceptors (Lipinski definition) is 6. The van der Waals surface area contributed by atoms with Gasteiger partial charge in [-0.1, -0.05) is 36.4 Å². The molecule has 0 aliphatic rings. The fourth-order valence-corrected chi connectivity index (χ4v) is 3.30. The van der Waals surface area contributed by atoms with Crippen molar-refractivity contribution in [3.05, 3.63) is 88.2 Å². The van der Waals surface area contributed by atoms with E-state index in [9.17, 15) is 4.79 Å². The third kappa shape index (κ3) is 4.99. The van der Waals surface area contributed by atoms with Crippen molar-refractivity contribution in [1.82, 2.24) is 20.7 Å². The van der Waals surface area contributed by atoms with Crippen molar-refractivity contribution < 1.29 is 9.53 Å². The molecule has 0 aliphatic carbocycles. The summed E-state index contributed by atoms with van der Waals surface area (Å²) in [5.74, 6) is 0.831. The Morgan fingerprint density at radius 3 is 2.59 bits per heavy atom. The standard InChI is InChI=1S/C21H19N5O2S/c27-21(22-13-18-7-4-12-29-18)19-20(25-26-24-19)23-16-8-10-17(11-9-16)28-14-15-5-2-1-3-6-15/h1-12H,13-14H2,(H,22,27)(H2,23,24,25,26). The van der Waals surface area contributed by atoms with Crippen LogP contribution in [0.15, 0.2) is 72.1 Å². The van der Waals surface area contributed by atoms with Crippen molar-refractivity contribution in [2.24, 2.45) is 0 Å². The molecule has 0 saturated heterocycles. The van der Waals surface area contributed by atoms with E-state index >= 15 is 0 Å². The summed E-state index contributed by atoms with van der Waals surface area (Å²) >= 11 is 1.59. The quantitative estimate of drug-likeness (QED) is 0.410. The molecule has 0 radical (unpaired) electrons. The Kier molecular flexibility index (Phi) is 5.82. The van der Waals surface area contributed by atoms with Gasteiger partial charge in [0, 0.05) is 10.6 Å². The lowest BCUT2D eigenvalue weighted by molar-refractivity contribution is 0.0947. The van der Waals surface area contributed by atoms with Crippen LogP contribution < -0.4 is 15.4 Å². The minimum absolute atomic E-state index is 0.214. The number of aromatic nitrogens is 3. The fraction of sp³-hybridized carbons (Fsp3) is 0.0952. The first-order chi connectivity index (χ1) is 14.3. The van der Waals surface area contributed by atoms with Crippen molar-refractivity contribution >= 4 is 28.7 Å². The van der Waals surface area contributed by atoms with Gasteiger partial charge in [-0.3, -0.25) is 4.79 Å². The summed E-state index contributed by atoms with van der Waals surface area (Å²) in [6.45, 7) is 0.960. The van der Waals surface area contributed by atoms with Crippen molar-refractivity contribution in [3.8, 4) is 5.75 Å². The highest BCUT2D eigenvalue weighted by atomic mass is 32.1. The first kappa shape index (κ1) is 18.7. The monoisotopic (exact) mass is 405 g/mol. The highest BCUT2D eigenvalue weighted by Crippen LogP contribution is 2.21. The van der Waals surface area contributed by atoms with E-state index in [0.717, 1.165) is 21.9 Å². The summed E-state index contributed by atoms with van der Waals surface area (Å²) in [4.78, 5) is 13.5. The summed E-state index contributed by atoms with van der Waals surface area (Å²) in [5.41, 5.74) is 2.10. The number of ether oxygens (including phenoxy) is 1. The van der Waals surface area contributed by atoms with Gasteiger partial charge in [0.25, 0.3) is 5.91 Å². The molecule has 7 nitrogen and oxygen atoms in total. The van der Waals surface area contributed by atoms with Crippen LogP contribution in [0.2, 0.25) is 0 Å². The van der Waals surface area contributed by atoms with Gasteiger partial charge in [-0.25, -0.2) is 0 Å². The Labute approximate surface area is 171 Å². The molecule has 0 unspecified atom stereocenters. The molecule has 2 aromatic carbocycles. The SMILES string of the molecule is O=C(NCc1cccs1)c1n[nH]nc1Nc1ccc(OCc2ccccc2)cc1. The lowest BCUT2D eigenvalue weighted by atomic mass is 10.2. The number of rotatable bonds is 8. The summed E-state index contributed by atoms with van der Waals surface area (Å²) in [7, 11) is 0. The van der Waals surface area contributed by atoms with Crippen LogP contribution in [0.5, 0.6) is 5.75 Å². The van der Waals surface area contributed by atoms with E-state index in [4.69, 9.17) is 4.74 Å². The van der Waals surface area contributed by atoms with Gasteiger partial charge in [-0.05, 0) is 41.3 Å². The maximum Gasteiger partial charge on any atom is 0.276 e. The van der Waals surface area contributed by atoms with Gasteiger partial charge in [-0.2, -0.15) is 5.21 Å². The predicted octanol–water partition coefficient (Wildman–Crippen LogP) is 4.12. The van der Waals surface area contributed by atoms with Crippen LogP contribution in [0.25, 0.3) is 0 Å². The largest absolute Gasteiger partial charge is 0.489 e. The molecule has 4 rings (SSSR count). The summed E-state index contributed by atoms with van der Waals surface area (Å²) in [6, 6.07) is 21.3. The van der Waals surface area contributed by atoms with Crippen LogP contribution in [0.4, 0.5) is 11.5 Å². The Morgan fingerprint density at radius 2 is 1.83 bits per heavy atom. The van der Waals surface area contributed by atoms with E-state index in [1.807, 2.05) is 72.1 Å². The number of carbonyl (C=O) groups is 1. The molecule has 0 atom stereocenters. The van der Waals surface area contributed by atoms with E-state index < -0.39 is 0 Å². The number of anilines is 2. The molecule has 0 aliphatic heterocycles. The van der Waals surface area contributed by atoms with Crippen LogP contribution in [0, 0.1) is 0 Å². The van der Waals surface area contributed by atoms with Crippen molar-refractivity contribution in [2.75, 3.05) is 5.32 Å². The molecule has 0 fully saturated rings. The first-order valence-corrected chi connectivity index (χ1v) is 9.91. The van der Waals surface area contributed by atoms with E-state index in [-0.39, 0.29) is 11.6 Å². The van der Waals surface area contributed by atoms with Gasteiger partial charge in [-0.15, -0.1) is 21.5 Å². The third-order valence-electron chi connectivity index (χ3n) is 4.13. The second-order valence-electron chi connectivity index (χ2n) is 6.21. The third-order valence-corrected chi connectivity index (χ3v) is 5.01. The number of nitrogens with one attached hydrogen (secondary N) is 3. The lowest BCUT2D eigenvalue weighted by Crippen LogP contribution is -2.23. The Balaban J connectivity index is 1.34. The van der Waals surface area contributed by atoms with Crippen LogP contribution in [-0.2, 0) is 13.2 Å². The Bertz CT molecular complexity index is 1050. The normalized spacial score (nSPS) is 10.5. The molecule has 4 aromatic rings. The van der Waals surface area contributed by atoms with Gasteiger partial charge in [0.1, 0.15) is 12.4 Å². The molecular weight excluding hydrogens is 386 g/mol. The molecule has 2 aromatic heterocycles.